The number of carboxylic acids is 1. The molecule has 0 amide bonds. The maximum Gasteiger partial charge on any atom is 0.303 e. The van der Waals surface area contributed by atoms with Crippen LogP contribution >= 0.6 is 11.3 Å². The molecule has 0 atom stereocenters. The van der Waals surface area contributed by atoms with Gasteiger partial charge in [-0.3, -0.25) is 4.79 Å². The first-order valence-electron chi connectivity index (χ1n) is 5.06. The fourth-order valence-corrected chi connectivity index (χ4v) is 2.85. The summed E-state index contributed by atoms with van der Waals surface area (Å²) in [5.41, 5.74) is 0. The van der Waals surface area contributed by atoms with Crippen molar-refractivity contribution < 1.29 is 9.90 Å². The third-order valence-corrected chi connectivity index (χ3v) is 4.08. The second-order valence-electron chi connectivity index (χ2n) is 3.83. The molecule has 1 saturated carbocycles. The van der Waals surface area contributed by atoms with Gasteiger partial charge in [0.05, 0.1) is 6.42 Å². The minimum atomic E-state index is -0.705. The molecule has 1 aliphatic rings. The van der Waals surface area contributed by atoms with Crippen LogP contribution in [0.4, 0.5) is 0 Å². The molecule has 76 valence electrons. The van der Waals surface area contributed by atoms with Gasteiger partial charge in [-0.25, -0.2) is 0 Å². The van der Waals surface area contributed by atoms with Crippen LogP contribution < -0.4 is 0 Å². The standard InChI is InChI=1S/C11H14O2S/c12-11(13)7-5-9-4-6-10(14-9)8-2-1-3-8/h4,6,8H,1-3,5,7H2,(H,12,13). The zero-order valence-corrected chi connectivity index (χ0v) is 8.85. The Balaban J connectivity index is 1.92. The molecule has 0 aromatic carbocycles. The molecule has 2 rings (SSSR count). The Kier molecular flexibility index (Phi) is 2.87. The first-order chi connectivity index (χ1) is 6.75. The van der Waals surface area contributed by atoms with Crippen LogP contribution in [0.25, 0.3) is 0 Å². The molecule has 1 aromatic rings. The van der Waals surface area contributed by atoms with Crippen molar-refractivity contribution in [2.45, 2.75) is 38.0 Å². The average Bonchev–Trinajstić information content (AvgIpc) is 2.46. The Labute approximate surface area is 87.6 Å². The van der Waals surface area contributed by atoms with Crippen molar-refractivity contribution in [1.82, 2.24) is 0 Å². The number of aliphatic carboxylic acids is 1. The van der Waals surface area contributed by atoms with Crippen molar-refractivity contribution in [3.05, 3.63) is 21.9 Å². The molecule has 0 spiro atoms. The maximum atomic E-state index is 10.4. The highest BCUT2D eigenvalue weighted by molar-refractivity contribution is 7.12. The summed E-state index contributed by atoms with van der Waals surface area (Å²) < 4.78 is 0. The van der Waals surface area contributed by atoms with E-state index in [1.165, 1.54) is 29.0 Å². The number of thiophene rings is 1. The van der Waals surface area contributed by atoms with Crippen LogP contribution in [0.15, 0.2) is 12.1 Å². The van der Waals surface area contributed by atoms with Crippen LogP contribution in [-0.4, -0.2) is 11.1 Å². The molecule has 0 aliphatic heterocycles. The van der Waals surface area contributed by atoms with Gasteiger partial charge in [0.1, 0.15) is 0 Å². The van der Waals surface area contributed by atoms with Gasteiger partial charge in [0.2, 0.25) is 0 Å². The van der Waals surface area contributed by atoms with Gasteiger partial charge in [0, 0.05) is 9.75 Å². The number of hydrogen-bond donors (Lipinski definition) is 1. The zero-order valence-electron chi connectivity index (χ0n) is 8.03. The molecule has 0 saturated heterocycles. The van der Waals surface area contributed by atoms with Crippen molar-refractivity contribution in [2.24, 2.45) is 0 Å². The van der Waals surface area contributed by atoms with Crippen LogP contribution in [0, 0.1) is 0 Å². The summed E-state index contributed by atoms with van der Waals surface area (Å²) >= 11 is 1.80. The third-order valence-electron chi connectivity index (χ3n) is 2.78. The van der Waals surface area contributed by atoms with Crippen molar-refractivity contribution in [2.75, 3.05) is 0 Å². The predicted molar refractivity (Wildman–Crippen MR) is 56.9 cm³/mol. The molecule has 0 unspecified atom stereocenters. The number of rotatable bonds is 4. The van der Waals surface area contributed by atoms with E-state index in [1.54, 1.807) is 11.3 Å². The van der Waals surface area contributed by atoms with E-state index < -0.39 is 5.97 Å². The quantitative estimate of drug-likeness (QED) is 0.829. The van der Waals surface area contributed by atoms with E-state index in [0.717, 1.165) is 5.92 Å². The molecule has 1 aliphatic carbocycles. The highest BCUT2D eigenvalue weighted by atomic mass is 32.1. The van der Waals surface area contributed by atoms with Gasteiger partial charge < -0.3 is 5.11 Å². The summed E-state index contributed by atoms with van der Waals surface area (Å²) in [7, 11) is 0. The Morgan fingerprint density at radius 2 is 2.29 bits per heavy atom. The fraction of sp³-hybridized carbons (Fsp3) is 0.545. The van der Waals surface area contributed by atoms with Gasteiger partial charge in [-0.2, -0.15) is 0 Å². The summed E-state index contributed by atoms with van der Waals surface area (Å²) in [5, 5.41) is 8.55. The molecular formula is C11H14O2S. The average molecular weight is 210 g/mol. The zero-order chi connectivity index (χ0) is 9.97. The molecular weight excluding hydrogens is 196 g/mol. The lowest BCUT2D eigenvalue weighted by Gasteiger charge is -2.23. The number of hydrogen-bond acceptors (Lipinski definition) is 2. The van der Waals surface area contributed by atoms with Gasteiger partial charge in [0.25, 0.3) is 0 Å². The second kappa shape index (κ2) is 4.13. The normalized spacial score (nSPS) is 16.6. The van der Waals surface area contributed by atoms with Crippen molar-refractivity contribution in [3.8, 4) is 0 Å². The Morgan fingerprint density at radius 1 is 1.50 bits per heavy atom. The first kappa shape index (κ1) is 9.71. The van der Waals surface area contributed by atoms with Crippen LogP contribution in [-0.2, 0) is 11.2 Å². The van der Waals surface area contributed by atoms with E-state index in [2.05, 4.69) is 12.1 Å². The smallest absolute Gasteiger partial charge is 0.303 e. The Morgan fingerprint density at radius 3 is 2.86 bits per heavy atom. The van der Waals surface area contributed by atoms with Crippen LogP contribution in [0.1, 0.15) is 41.4 Å². The topological polar surface area (TPSA) is 37.3 Å². The molecule has 1 fully saturated rings. The highest BCUT2D eigenvalue weighted by Crippen LogP contribution is 2.39. The van der Waals surface area contributed by atoms with E-state index in [-0.39, 0.29) is 6.42 Å². The molecule has 1 heterocycles. The number of aryl methyl sites for hydroxylation is 1. The van der Waals surface area contributed by atoms with E-state index in [0.29, 0.717) is 6.42 Å². The van der Waals surface area contributed by atoms with E-state index >= 15 is 0 Å². The summed E-state index contributed by atoms with van der Waals surface area (Å²) in [6, 6.07) is 4.26. The fourth-order valence-electron chi connectivity index (χ4n) is 1.67. The molecule has 14 heavy (non-hydrogen) atoms. The SMILES string of the molecule is O=C(O)CCc1ccc(C2CCC2)s1. The lowest BCUT2D eigenvalue weighted by atomic mass is 9.84. The second-order valence-corrected chi connectivity index (χ2v) is 5.03. The summed E-state index contributed by atoms with van der Waals surface area (Å²) in [4.78, 5) is 13.1. The van der Waals surface area contributed by atoms with Gasteiger partial charge in [-0.15, -0.1) is 11.3 Å². The Hall–Kier alpha value is -0.830. The van der Waals surface area contributed by atoms with Crippen LogP contribution in [0.3, 0.4) is 0 Å². The predicted octanol–water partition coefficient (Wildman–Crippen LogP) is 3.03. The highest BCUT2D eigenvalue weighted by Gasteiger charge is 2.20. The maximum absolute atomic E-state index is 10.4. The van der Waals surface area contributed by atoms with Gasteiger partial charge in [0.15, 0.2) is 0 Å². The molecule has 1 N–H and O–H groups in total. The Bertz CT molecular complexity index is 326. The summed E-state index contributed by atoms with van der Waals surface area (Å²) in [6.45, 7) is 0. The van der Waals surface area contributed by atoms with E-state index in [4.69, 9.17) is 5.11 Å². The molecule has 0 bridgehead atoms. The number of carboxylic acid groups (broad SMARTS) is 1. The van der Waals surface area contributed by atoms with Crippen molar-refractivity contribution in [1.29, 1.82) is 0 Å². The minimum Gasteiger partial charge on any atom is -0.481 e. The minimum absolute atomic E-state index is 0.255. The van der Waals surface area contributed by atoms with Gasteiger partial charge in [-0.05, 0) is 37.3 Å². The molecule has 1 aromatic heterocycles. The van der Waals surface area contributed by atoms with Crippen molar-refractivity contribution in [3.63, 3.8) is 0 Å². The largest absolute Gasteiger partial charge is 0.481 e. The first-order valence-corrected chi connectivity index (χ1v) is 5.88. The molecule has 0 radical (unpaired) electrons. The summed E-state index contributed by atoms with van der Waals surface area (Å²) in [6.07, 6.45) is 4.93. The van der Waals surface area contributed by atoms with Crippen molar-refractivity contribution >= 4 is 17.3 Å². The third kappa shape index (κ3) is 2.15. The van der Waals surface area contributed by atoms with Crippen LogP contribution in [0.2, 0.25) is 0 Å². The van der Waals surface area contributed by atoms with Gasteiger partial charge >= 0.3 is 5.97 Å². The monoisotopic (exact) mass is 210 g/mol. The van der Waals surface area contributed by atoms with Crippen LogP contribution in [0.5, 0.6) is 0 Å². The number of carbonyl (C=O) groups is 1. The van der Waals surface area contributed by atoms with Gasteiger partial charge in [-0.1, -0.05) is 6.42 Å². The van der Waals surface area contributed by atoms with E-state index in [1.807, 2.05) is 0 Å². The molecule has 2 nitrogen and oxygen atoms in total. The van der Waals surface area contributed by atoms with E-state index in [9.17, 15) is 4.79 Å². The lowest BCUT2D eigenvalue weighted by molar-refractivity contribution is -0.136. The molecule has 3 heteroatoms. The lowest BCUT2D eigenvalue weighted by Crippen LogP contribution is -2.06. The summed E-state index contributed by atoms with van der Waals surface area (Å²) in [5.74, 6) is 0.0715.